The molecule has 3 aromatic rings. The Morgan fingerprint density at radius 1 is 0.917 bits per heavy atom. The van der Waals surface area contributed by atoms with Crippen LogP contribution in [0.3, 0.4) is 0 Å². The lowest BCUT2D eigenvalue weighted by atomic mass is 10.1. The summed E-state index contributed by atoms with van der Waals surface area (Å²) in [4.78, 5) is 12.4. The standard InChI is InChI=1S/C19H15ClN2O.BrH/c20-17-10-7-11-18(16(17)14-22-12-5-2-6-13-22)21-19(23)15-8-3-1-4-9-15;/h1-13H,14H2;1H. The summed E-state index contributed by atoms with van der Waals surface area (Å²) in [7, 11) is 0. The quantitative estimate of drug-likeness (QED) is 0.646. The van der Waals surface area contributed by atoms with E-state index < -0.39 is 0 Å². The van der Waals surface area contributed by atoms with Crippen LogP contribution in [-0.4, -0.2) is 5.91 Å². The molecule has 122 valence electrons. The summed E-state index contributed by atoms with van der Waals surface area (Å²) in [6, 6.07) is 20.5. The number of aromatic nitrogens is 1. The molecule has 0 saturated carbocycles. The Morgan fingerprint density at radius 2 is 1.58 bits per heavy atom. The van der Waals surface area contributed by atoms with E-state index in [2.05, 4.69) is 5.32 Å². The molecule has 3 nitrogen and oxygen atoms in total. The first-order valence-electron chi connectivity index (χ1n) is 7.32. The van der Waals surface area contributed by atoms with Gasteiger partial charge in [-0.3, -0.25) is 4.79 Å². The van der Waals surface area contributed by atoms with Crippen LogP contribution in [0, 0.1) is 0 Å². The van der Waals surface area contributed by atoms with Gasteiger partial charge in [0, 0.05) is 17.7 Å². The highest BCUT2D eigenvalue weighted by atomic mass is 79.9. The third-order valence-corrected chi connectivity index (χ3v) is 3.88. The summed E-state index contributed by atoms with van der Waals surface area (Å²) in [5.74, 6) is -0.146. The third-order valence-electron chi connectivity index (χ3n) is 3.52. The van der Waals surface area contributed by atoms with Crippen LogP contribution in [0.1, 0.15) is 15.9 Å². The first-order valence-corrected chi connectivity index (χ1v) is 7.70. The number of rotatable bonds is 4. The average molecular weight is 404 g/mol. The highest BCUT2D eigenvalue weighted by molar-refractivity contribution is 6.31. The lowest BCUT2D eigenvalue weighted by Crippen LogP contribution is -3.00. The maximum absolute atomic E-state index is 12.4. The zero-order valence-corrected chi connectivity index (χ0v) is 15.2. The summed E-state index contributed by atoms with van der Waals surface area (Å²) >= 11 is 6.34. The maximum atomic E-state index is 12.4. The molecule has 0 aliphatic heterocycles. The smallest absolute Gasteiger partial charge is 0.255 e. The van der Waals surface area contributed by atoms with Crippen molar-refractivity contribution in [3.63, 3.8) is 0 Å². The molecule has 5 heteroatoms. The predicted octanol–water partition coefficient (Wildman–Crippen LogP) is 0.932. The minimum Gasteiger partial charge on any atom is -1.00 e. The largest absolute Gasteiger partial charge is 1.00 e. The molecule has 2 aromatic carbocycles. The van der Waals surface area contributed by atoms with Crippen molar-refractivity contribution in [1.29, 1.82) is 0 Å². The Labute approximate surface area is 156 Å². The number of hydrogen-bond donors (Lipinski definition) is 1. The van der Waals surface area contributed by atoms with E-state index in [1.165, 1.54) is 0 Å². The molecule has 0 unspecified atom stereocenters. The third kappa shape index (κ3) is 4.43. The van der Waals surface area contributed by atoms with Gasteiger partial charge in [0.1, 0.15) is 0 Å². The first-order chi connectivity index (χ1) is 11.2. The number of nitrogens with zero attached hydrogens (tertiary/aromatic N) is 1. The van der Waals surface area contributed by atoms with Crippen LogP contribution in [0.4, 0.5) is 5.69 Å². The molecule has 1 heterocycles. The van der Waals surface area contributed by atoms with Crippen LogP contribution in [0.25, 0.3) is 0 Å². The van der Waals surface area contributed by atoms with E-state index >= 15 is 0 Å². The molecule has 0 atom stereocenters. The average Bonchev–Trinajstić information content (AvgIpc) is 2.59. The Hall–Kier alpha value is -2.17. The number of hydrogen-bond acceptors (Lipinski definition) is 1. The number of amides is 1. The van der Waals surface area contributed by atoms with Crippen LogP contribution in [0.2, 0.25) is 5.02 Å². The van der Waals surface area contributed by atoms with Gasteiger partial charge in [0.2, 0.25) is 0 Å². The summed E-state index contributed by atoms with van der Waals surface area (Å²) in [5, 5.41) is 3.58. The van der Waals surface area contributed by atoms with Gasteiger partial charge in [-0.15, -0.1) is 0 Å². The molecule has 0 fully saturated rings. The van der Waals surface area contributed by atoms with Crippen molar-refractivity contribution in [2.24, 2.45) is 0 Å². The molecule has 0 saturated heterocycles. The number of carbonyl (C=O) groups excluding carboxylic acids is 1. The molecule has 0 spiro atoms. The monoisotopic (exact) mass is 402 g/mol. The molecule has 0 bridgehead atoms. The molecule has 24 heavy (non-hydrogen) atoms. The van der Waals surface area contributed by atoms with E-state index in [1.54, 1.807) is 12.1 Å². The topological polar surface area (TPSA) is 33.0 Å². The van der Waals surface area contributed by atoms with Gasteiger partial charge >= 0.3 is 0 Å². The summed E-state index contributed by atoms with van der Waals surface area (Å²) in [6.07, 6.45) is 3.93. The van der Waals surface area contributed by atoms with Crippen LogP contribution in [-0.2, 0) is 6.54 Å². The van der Waals surface area contributed by atoms with Gasteiger partial charge in [-0.25, -0.2) is 4.57 Å². The Balaban J connectivity index is 0.00000208. The van der Waals surface area contributed by atoms with Gasteiger partial charge in [-0.1, -0.05) is 41.9 Å². The number of halogens is 2. The van der Waals surface area contributed by atoms with Crippen molar-refractivity contribution < 1.29 is 26.3 Å². The molecule has 1 amide bonds. The highest BCUT2D eigenvalue weighted by Gasteiger charge is 2.14. The fourth-order valence-electron chi connectivity index (χ4n) is 2.34. The Morgan fingerprint density at radius 3 is 2.29 bits per heavy atom. The van der Waals surface area contributed by atoms with Crippen molar-refractivity contribution in [2.75, 3.05) is 5.32 Å². The molecule has 0 aliphatic rings. The Bertz CT molecular complexity index is 810. The normalized spacial score (nSPS) is 9.88. The summed E-state index contributed by atoms with van der Waals surface area (Å²) < 4.78 is 2.01. The number of anilines is 1. The van der Waals surface area contributed by atoms with Crippen LogP contribution in [0.5, 0.6) is 0 Å². The van der Waals surface area contributed by atoms with E-state index in [9.17, 15) is 4.79 Å². The minimum absolute atomic E-state index is 0. The summed E-state index contributed by atoms with van der Waals surface area (Å²) in [5.41, 5.74) is 2.23. The van der Waals surface area contributed by atoms with Crippen LogP contribution >= 0.6 is 11.6 Å². The van der Waals surface area contributed by atoms with Gasteiger partial charge in [0.15, 0.2) is 18.9 Å². The SMILES string of the molecule is O=C(Nc1cccc(Cl)c1C[n+]1ccccc1)c1ccccc1.[Br-]. The number of pyridine rings is 1. The van der Waals surface area contributed by atoms with Crippen LogP contribution in [0.15, 0.2) is 79.1 Å². The molecule has 0 radical (unpaired) electrons. The van der Waals surface area contributed by atoms with Crippen LogP contribution < -0.4 is 26.9 Å². The molecule has 1 aromatic heterocycles. The number of carbonyl (C=O) groups is 1. The van der Waals surface area contributed by atoms with Crippen molar-refractivity contribution in [3.8, 4) is 0 Å². The second-order valence-electron chi connectivity index (χ2n) is 5.13. The van der Waals surface area contributed by atoms with E-state index in [0.29, 0.717) is 17.1 Å². The lowest BCUT2D eigenvalue weighted by molar-refractivity contribution is -0.688. The van der Waals surface area contributed by atoms with Gasteiger partial charge in [0.05, 0.1) is 16.3 Å². The number of benzene rings is 2. The lowest BCUT2D eigenvalue weighted by Gasteiger charge is -2.11. The van der Waals surface area contributed by atoms with Gasteiger partial charge in [-0.2, -0.15) is 0 Å². The predicted molar refractivity (Wildman–Crippen MR) is 91.6 cm³/mol. The fourth-order valence-corrected chi connectivity index (χ4v) is 2.58. The first kappa shape index (κ1) is 18.2. The molecule has 3 rings (SSSR count). The van der Waals surface area contributed by atoms with Crippen molar-refractivity contribution in [3.05, 3.63) is 95.3 Å². The molecular formula is C19H16BrClN2O. The second-order valence-corrected chi connectivity index (χ2v) is 5.54. The summed E-state index contributed by atoms with van der Waals surface area (Å²) in [6.45, 7) is 0.588. The zero-order valence-electron chi connectivity index (χ0n) is 12.8. The fraction of sp³-hybridized carbons (Fsp3) is 0.0526. The molecule has 0 aliphatic carbocycles. The van der Waals surface area contributed by atoms with Gasteiger partial charge < -0.3 is 22.3 Å². The highest BCUT2D eigenvalue weighted by Crippen LogP contribution is 2.24. The van der Waals surface area contributed by atoms with E-state index in [4.69, 9.17) is 11.6 Å². The molecular weight excluding hydrogens is 388 g/mol. The zero-order chi connectivity index (χ0) is 16.1. The van der Waals surface area contributed by atoms with Gasteiger partial charge in [0.25, 0.3) is 5.91 Å². The van der Waals surface area contributed by atoms with E-state index in [1.807, 2.05) is 71.6 Å². The minimum atomic E-state index is -0.146. The van der Waals surface area contributed by atoms with Crippen molar-refractivity contribution >= 4 is 23.2 Å². The van der Waals surface area contributed by atoms with Crippen molar-refractivity contribution in [1.82, 2.24) is 0 Å². The maximum Gasteiger partial charge on any atom is 0.255 e. The van der Waals surface area contributed by atoms with Gasteiger partial charge in [-0.05, 0) is 24.3 Å². The van der Waals surface area contributed by atoms with E-state index in [0.717, 1.165) is 11.3 Å². The number of nitrogens with one attached hydrogen (secondary N) is 1. The van der Waals surface area contributed by atoms with Crippen molar-refractivity contribution in [2.45, 2.75) is 6.54 Å². The Kier molecular flexibility index (Phi) is 6.53. The second kappa shape index (κ2) is 8.62. The van der Waals surface area contributed by atoms with E-state index in [-0.39, 0.29) is 22.9 Å². The molecule has 1 N–H and O–H groups in total.